The van der Waals surface area contributed by atoms with Crippen molar-refractivity contribution < 1.29 is 0 Å². The highest BCUT2D eigenvalue weighted by Crippen LogP contribution is 2.21. The van der Waals surface area contributed by atoms with Gasteiger partial charge in [0.1, 0.15) is 0 Å². The molecule has 0 aliphatic heterocycles. The lowest BCUT2D eigenvalue weighted by Crippen LogP contribution is -2.13. The lowest BCUT2D eigenvalue weighted by Gasteiger charge is -2.12. The van der Waals surface area contributed by atoms with Gasteiger partial charge in [0.05, 0.1) is 5.69 Å². The highest BCUT2D eigenvalue weighted by Gasteiger charge is 2.11. The molecule has 0 fully saturated rings. The Kier molecular flexibility index (Phi) is 3.59. The molecule has 0 saturated heterocycles. The van der Waals surface area contributed by atoms with E-state index in [-0.39, 0.29) is 6.04 Å². The SMILES string of the molecule is CC(C)c1ccc(C(N)Cc2cn3ccsc3n2)cc1. The third-order valence-electron chi connectivity index (χ3n) is 3.60. The van der Waals surface area contributed by atoms with Gasteiger partial charge >= 0.3 is 0 Å². The highest BCUT2D eigenvalue weighted by molar-refractivity contribution is 7.15. The van der Waals surface area contributed by atoms with Gasteiger partial charge in [0.15, 0.2) is 4.96 Å². The molecule has 0 radical (unpaired) electrons. The zero-order valence-corrected chi connectivity index (χ0v) is 12.6. The fraction of sp³-hybridized carbons (Fsp3) is 0.312. The fourth-order valence-corrected chi connectivity index (χ4v) is 3.06. The Labute approximate surface area is 123 Å². The first-order valence-electron chi connectivity index (χ1n) is 6.90. The summed E-state index contributed by atoms with van der Waals surface area (Å²) in [6.07, 6.45) is 4.86. The second kappa shape index (κ2) is 5.38. The van der Waals surface area contributed by atoms with Crippen LogP contribution in [0, 0.1) is 0 Å². The van der Waals surface area contributed by atoms with Crippen molar-refractivity contribution in [1.29, 1.82) is 0 Å². The predicted octanol–water partition coefficient (Wildman–Crippen LogP) is 3.76. The molecule has 20 heavy (non-hydrogen) atoms. The van der Waals surface area contributed by atoms with Crippen molar-refractivity contribution in [2.45, 2.75) is 32.2 Å². The Hall–Kier alpha value is -1.65. The molecule has 104 valence electrons. The van der Waals surface area contributed by atoms with E-state index in [9.17, 15) is 0 Å². The number of imidazole rings is 1. The summed E-state index contributed by atoms with van der Waals surface area (Å²) >= 11 is 1.65. The summed E-state index contributed by atoms with van der Waals surface area (Å²) in [5, 5.41) is 2.04. The van der Waals surface area contributed by atoms with E-state index in [1.807, 2.05) is 11.6 Å². The summed E-state index contributed by atoms with van der Waals surface area (Å²) in [5.41, 5.74) is 9.87. The van der Waals surface area contributed by atoms with Gasteiger partial charge in [0, 0.05) is 30.2 Å². The lowest BCUT2D eigenvalue weighted by molar-refractivity contribution is 0.709. The van der Waals surface area contributed by atoms with Gasteiger partial charge in [-0.1, -0.05) is 38.1 Å². The number of thiazole rings is 1. The second-order valence-electron chi connectivity index (χ2n) is 5.46. The topological polar surface area (TPSA) is 43.3 Å². The van der Waals surface area contributed by atoms with Gasteiger partial charge in [0.25, 0.3) is 0 Å². The minimum Gasteiger partial charge on any atom is -0.324 e. The van der Waals surface area contributed by atoms with Crippen LogP contribution in [0.5, 0.6) is 0 Å². The van der Waals surface area contributed by atoms with Gasteiger partial charge in [-0.2, -0.15) is 0 Å². The molecule has 0 bridgehead atoms. The van der Waals surface area contributed by atoms with Crippen molar-refractivity contribution in [3.63, 3.8) is 0 Å². The van der Waals surface area contributed by atoms with E-state index < -0.39 is 0 Å². The van der Waals surface area contributed by atoms with Crippen LogP contribution in [0.4, 0.5) is 0 Å². The molecule has 0 aliphatic rings. The van der Waals surface area contributed by atoms with Crippen molar-refractivity contribution in [3.8, 4) is 0 Å². The predicted molar refractivity (Wildman–Crippen MR) is 84.2 cm³/mol. The number of rotatable bonds is 4. The third-order valence-corrected chi connectivity index (χ3v) is 4.37. The van der Waals surface area contributed by atoms with E-state index in [1.54, 1.807) is 11.3 Å². The van der Waals surface area contributed by atoms with E-state index in [2.05, 4.69) is 53.7 Å². The molecule has 3 rings (SSSR count). The van der Waals surface area contributed by atoms with Gasteiger partial charge in [-0.05, 0) is 17.0 Å². The van der Waals surface area contributed by atoms with Crippen molar-refractivity contribution in [1.82, 2.24) is 9.38 Å². The standard InChI is InChI=1S/C16H19N3S/c1-11(2)12-3-5-13(6-4-12)15(17)9-14-10-19-7-8-20-16(19)18-14/h3-8,10-11,15H,9,17H2,1-2H3. The number of fused-ring (bicyclic) bond motifs is 1. The average Bonchev–Trinajstić information content (AvgIpc) is 2.99. The van der Waals surface area contributed by atoms with Crippen LogP contribution in [0.15, 0.2) is 42.0 Å². The number of nitrogens with two attached hydrogens (primary N) is 1. The van der Waals surface area contributed by atoms with Crippen LogP contribution in [0.2, 0.25) is 0 Å². The Balaban J connectivity index is 1.75. The maximum atomic E-state index is 6.30. The van der Waals surface area contributed by atoms with Crippen molar-refractivity contribution in [2.75, 3.05) is 0 Å². The Morgan fingerprint density at radius 2 is 1.90 bits per heavy atom. The maximum absolute atomic E-state index is 6.30. The first kappa shape index (κ1) is 13.3. The monoisotopic (exact) mass is 285 g/mol. The molecular formula is C16H19N3S. The normalized spacial score (nSPS) is 13.2. The minimum atomic E-state index is 0.000758. The van der Waals surface area contributed by atoms with Crippen LogP contribution < -0.4 is 5.73 Å². The zero-order chi connectivity index (χ0) is 14.1. The van der Waals surface area contributed by atoms with E-state index in [1.165, 1.54) is 11.1 Å². The van der Waals surface area contributed by atoms with Gasteiger partial charge in [-0.15, -0.1) is 11.3 Å². The molecule has 3 aromatic rings. The molecule has 2 N–H and O–H groups in total. The summed E-state index contributed by atoms with van der Waals surface area (Å²) in [4.78, 5) is 5.62. The van der Waals surface area contributed by atoms with Gasteiger partial charge < -0.3 is 5.73 Å². The Morgan fingerprint density at radius 1 is 1.20 bits per heavy atom. The third kappa shape index (κ3) is 2.62. The van der Waals surface area contributed by atoms with Gasteiger partial charge in [0.2, 0.25) is 0 Å². The van der Waals surface area contributed by atoms with Crippen molar-refractivity contribution in [2.24, 2.45) is 5.73 Å². The van der Waals surface area contributed by atoms with E-state index in [4.69, 9.17) is 5.73 Å². The van der Waals surface area contributed by atoms with Crippen LogP contribution >= 0.6 is 11.3 Å². The van der Waals surface area contributed by atoms with E-state index in [0.29, 0.717) is 5.92 Å². The first-order valence-corrected chi connectivity index (χ1v) is 7.78. The molecule has 0 spiro atoms. The number of hydrogen-bond donors (Lipinski definition) is 1. The number of benzene rings is 1. The Bertz CT molecular complexity index is 665. The molecular weight excluding hydrogens is 266 g/mol. The van der Waals surface area contributed by atoms with E-state index in [0.717, 1.165) is 17.1 Å². The fourth-order valence-electron chi connectivity index (χ4n) is 2.35. The van der Waals surface area contributed by atoms with Crippen molar-refractivity contribution in [3.05, 3.63) is 58.9 Å². The molecule has 0 saturated carbocycles. The molecule has 1 unspecified atom stereocenters. The molecule has 3 nitrogen and oxygen atoms in total. The van der Waals surface area contributed by atoms with Crippen LogP contribution in [0.25, 0.3) is 4.96 Å². The molecule has 4 heteroatoms. The molecule has 0 aliphatic carbocycles. The maximum Gasteiger partial charge on any atom is 0.193 e. The molecule has 1 aromatic carbocycles. The second-order valence-corrected chi connectivity index (χ2v) is 6.33. The summed E-state index contributed by atoms with van der Waals surface area (Å²) < 4.78 is 2.05. The smallest absolute Gasteiger partial charge is 0.193 e. The Morgan fingerprint density at radius 3 is 2.55 bits per heavy atom. The summed E-state index contributed by atoms with van der Waals surface area (Å²) in [5.74, 6) is 0.556. The van der Waals surface area contributed by atoms with Crippen LogP contribution in [-0.4, -0.2) is 9.38 Å². The minimum absolute atomic E-state index is 0.000758. The first-order chi connectivity index (χ1) is 9.63. The number of hydrogen-bond acceptors (Lipinski definition) is 3. The van der Waals surface area contributed by atoms with Gasteiger partial charge in [-0.3, -0.25) is 4.40 Å². The quantitative estimate of drug-likeness (QED) is 0.793. The molecule has 2 aromatic heterocycles. The lowest BCUT2D eigenvalue weighted by atomic mass is 9.98. The largest absolute Gasteiger partial charge is 0.324 e. The molecule has 2 heterocycles. The van der Waals surface area contributed by atoms with Crippen molar-refractivity contribution >= 4 is 16.3 Å². The summed E-state index contributed by atoms with van der Waals surface area (Å²) in [6, 6.07) is 8.62. The summed E-state index contributed by atoms with van der Waals surface area (Å²) in [7, 11) is 0. The molecule has 0 amide bonds. The summed E-state index contributed by atoms with van der Waals surface area (Å²) in [6.45, 7) is 4.40. The number of nitrogens with zero attached hydrogens (tertiary/aromatic N) is 2. The highest BCUT2D eigenvalue weighted by atomic mass is 32.1. The zero-order valence-electron chi connectivity index (χ0n) is 11.8. The number of aromatic nitrogens is 2. The average molecular weight is 285 g/mol. The van der Waals surface area contributed by atoms with Gasteiger partial charge in [-0.25, -0.2) is 4.98 Å². The van der Waals surface area contributed by atoms with Crippen LogP contribution in [0.3, 0.4) is 0 Å². The van der Waals surface area contributed by atoms with E-state index >= 15 is 0 Å². The van der Waals surface area contributed by atoms with Crippen LogP contribution in [-0.2, 0) is 6.42 Å². The molecule has 1 atom stereocenters. The van der Waals surface area contributed by atoms with Crippen LogP contribution in [0.1, 0.15) is 42.6 Å².